The van der Waals surface area contributed by atoms with Crippen molar-refractivity contribution < 1.29 is 9.59 Å². The van der Waals surface area contributed by atoms with Crippen LogP contribution in [0.25, 0.3) is 0 Å². The summed E-state index contributed by atoms with van der Waals surface area (Å²) in [5.41, 5.74) is 3.37. The lowest BCUT2D eigenvalue weighted by Gasteiger charge is -2.25. The van der Waals surface area contributed by atoms with Crippen LogP contribution < -0.4 is 0 Å². The standard InChI is InChI=1S/C26H28N2O2Si/c1-31(2)28(20-21-12-6-3-7-13-21)27-25(22-14-8-4-9-15-22)18-24(29)19-26(30)23-16-10-5-11-17-23/h3-17,31H,18-20H2,1-2H3. The Balaban J connectivity index is 1.81. The van der Waals surface area contributed by atoms with Crippen molar-refractivity contribution in [1.29, 1.82) is 0 Å². The topological polar surface area (TPSA) is 49.7 Å². The predicted molar refractivity (Wildman–Crippen MR) is 129 cm³/mol. The van der Waals surface area contributed by atoms with E-state index in [4.69, 9.17) is 5.10 Å². The lowest BCUT2D eigenvalue weighted by Crippen LogP contribution is -2.31. The molecule has 0 aromatic heterocycles. The van der Waals surface area contributed by atoms with Gasteiger partial charge in [0.25, 0.3) is 0 Å². The van der Waals surface area contributed by atoms with Crippen molar-refractivity contribution in [2.75, 3.05) is 0 Å². The van der Waals surface area contributed by atoms with E-state index in [1.54, 1.807) is 12.1 Å². The Labute approximate surface area is 185 Å². The summed E-state index contributed by atoms with van der Waals surface area (Å²) in [5.74, 6) is -0.279. The Kier molecular flexibility index (Phi) is 8.07. The van der Waals surface area contributed by atoms with Crippen molar-refractivity contribution in [2.24, 2.45) is 5.10 Å². The summed E-state index contributed by atoms with van der Waals surface area (Å²) in [7, 11) is -1.29. The monoisotopic (exact) mass is 428 g/mol. The maximum Gasteiger partial charge on any atom is 0.170 e. The average Bonchev–Trinajstić information content (AvgIpc) is 2.79. The van der Waals surface area contributed by atoms with E-state index in [0.717, 1.165) is 5.56 Å². The number of ketones is 2. The molecule has 0 fully saturated rings. The van der Waals surface area contributed by atoms with Gasteiger partial charge in [-0.3, -0.25) is 9.59 Å². The first kappa shape index (κ1) is 22.4. The lowest BCUT2D eigenvalue weighted by molar-refractivity contribution is -0.117. The fraction of sp³-hybridized carbons (Fsp3) is 0.192. The molecule has 3 aromatic rings. The first-order chi connectivity index (χ1) is 15.0. The number of carbonyl (C=O) groups excluding carboxylic acids is 2. The van der Waals surface area contributed by atoms with E-state index in [0.29, 0.717) is 17.8 Å². The van der Waals surface area contributed by atoms with Gasteiger partial charge in [0, 0.05) is 5.56 Å². The summed E-state index contributed by atoms with van der Waals surface area (Å²) in [6, 6.07) is 29.0. The second-order valence-corrected chi connectivity index (χ2v) is 10.6. The Bertz CT molecular complexity index is 1020. The van der Waals surface area contributed by atoms with Gasteiger partial charge in [-0.1, -0.05) is 104 Å². The van der Waals surface area contributed by atoms with Crippen molar-refractivity contribution in [3.8, 4) is 0 Å². The van der Waals surface area contributed by atoms with Gasteiger partial charge in [-0.15, -0.1) is 0 Å². The summed E-state index contributed by atoms with van der Waals surface area (Å²) in [6.07, 6.45) is 0.0165. The van der Waals surface area contributed by atoms with Gasteiger partial charge < -0.3 is 4.67 Å². The highest BCUT2D eigenvalue weighted by molar-refractivity contribution is 6.52. The second-order valence-electron chi connectivity index (χ2n) is 7.77. The molecular formula is C26H28N2O2Si. The molecule has 5 heteroatoms. The summed E-state index contributed by atoms with van der Waals surface area (Å²) in [4.78, 5) is 25.3. The Morgan fingerprint density at radius 2 is 1.26 bits per heavy atom. The molecule has 0 unspecified atom stereocenters. The summed E-state index contributed by atoms with van der Waals surface area (Å²) < 4.78 is 2.13. The van der Waals surface area contributed by atoms with Crippen LogP contribution in [0.4, 0.5) is 0 Å². The van der Waals surface area contributed by atoms with E-state index in [9.17, 15) is 9.59 Å². The van der Waals surface area contributed by atoms with Crippen molar-refractivity contribution in [1.82, 2.24) is 4.67 Å². The predicted octanol–water partition coefficient (Wildman–Crippen LogP) is 5.11. The smallest absolute Gasteiger partial charge is 0.170 e. The molecule has 0 atom stereocenters. The van der Waals surface area contributed by atoms with Gasteiger partial charge in [0.1, 0.15) is 5.78 Å². The van der Waals surface area contributed by atoms with Gasteiger partial charge in [-0.2, -0.15) is 5.10 Å². The number of hydrogen-bond donors (Lipinski definition) is 0. The molecule has 3 aromatic carbocycles. The molecule has 0 amide bonds. The molecule has 0 heterocycles. The van der Waals surface area contributed by atoms with Gasteiger partial charge in [-0.25, -0.2) is 0 Å². The van der Waals surface area contributed by atoms with Crippen molar-refractivity contribution in [2.45, 2.75) is 32.5 Å². The quantitative estimate of drug-likeness (QED) is 0.148. The zero-order chi connectivity index (χ0) is 22.1. The van der Waals surface area contributed by atoms with Crippen LogP contribution in [0.1, 0.15) is 34.3 Å². The van der Waals surface area contributed by atoms with Crippen molar-refractivity contribution in [3.05, 3.63) is 108 Å². The number of hydrogen-bond acceptors (Lipinski definition) is 4. The molecule has 31 heavy (non-hydrogen) atoms. The Hall–Kier alpha value is -3.31. The van der Waals surface area contributed by atoms with Crippen LogP contribution in [0.5, 0.6) is 0 Å². The zero-order valence-electron chi connectivity index (χ0n) is 18.1. The van der Waals surface area contributed by atoms with E-state index in [2.05, 4.69) is 29.9 Å². The molecule has 0 spiro atoms. The fourth-order valence-electron chi connectivity index (χ4n) is 3.24. The normalized spacial score (nSPS) is 11.4. The first-order valence-electron chi connectivity index (χ1n) is 10.6. The second kappa shape index (κ2) is 11.2. The minimum absolute atomic E-state index is 0.117. The van der Waals surface area contributed by atoms with Crippen LogP contribution in [0.15, 0.2) is 96.1 Å². The van der Waals surface area contributed by atoms with Crippen LogP contribution in [0.2, 0.25) is 13.1 Å². The molecule has 0 saturated carbocycles. The highest BCUT2D eigenvalue weighted by Gasteiger charge is 2.17. The zero-order valence-corrected chi connectivity index (χ0v) is 19.2. The summed E-state index contributed by atoms with van der Waals surface area (Å²) >= 11 is 0. The van der Waals surface area contributed by atoms with Gasteiger partial charge in [0.2, 0.25) is 0 Å². The Morgan fingerprint density at radius 3 is 1.81 bits per heavy atom. The number of hydrazone groups is 1. The number of rotatable bonds is 10. The van der Waals surface area contributed by atoms with Crippen LogP contribution >= 0.6 is 0 Å². The minimum atomic E-state index is -1.29. The lowest BCUT2D eigenvalue weighted by atomic mass is 10.00. The molecule has 0 bridgehead atoms. The van der Waals surface area contributed by atoms with Crippen LogP contribution in [0, 0.1) is 0 Å². The Morgan fingerprint density at radius 1 is 0.742 bits per heavy atom. The molecule has 0 aliphatic rings. The average molecular weight is 429 g/mol. The summed E-state index contributed by atoms with van der Waals surface area (Å²) in [6.45, 7) is 5.14. The van der Waals surface area contributed by atoms with Crippen LogP contribution in [-0.4, -0.2) is 30.9 Å². The number of carbonyl (C=O) groups is 2. The van der Waals surface area contributed by atoms with Gasteiger partial charge in [-0.05, 0) is 11.1 Å². The molecule has 0 saturated heterocycles. The van der Waals surface area contributed by atoms with Crippen molar-refractivity contribution in [3.63, 3.8) is 0 Å². The third kappa shape index (κ3) is 6.86. The van der Waals surface area contributed by atoms with Gasteiger partial charge >= 0.3 is 0 Å². The number of benzene rings is 3. The fourth-order valence-corrected chi connectivity index (χ4v) is 4.19. The van der Waals surface area contributed by atoms with E-state index in [-0.39, 0.29) is 24.4 Å². The van der Waals surface area contributed by atoms with Crippen LogP contribution in [0.3, 0.4) is 0 Å². The minimum Gasteiger partial charge on any atom is -0.324 e. The maximum absolute atomic E-state index is 12.8. The molecule has 0 aliphatic carbocycles. The maximum atomic E-state index is 12.8. The third-order valence-corrected chi connectivity index (χ3v) is 6.45. The molecule has 0 aliphatic heterocycles. The molecular weight excluding hydrogens is 400 g/mol. The van der Waals surface area contributed by atoms with Crippen molar-refractivity contribution >= 4 is 26.2 Å². The van der Waals surface area contributed by atoms with E-state index in [1.165, 1.54) is 5.56 Å². The third-order valence-electron chi connectivity index (χ3n) is 4.96. The highest BCUT2D eigenvalue weighted by atomic mass is 28.3. The largest absolute Gasteiger partial charge is 0.324 e. The highest BCUT2D eigenvalue weighted by Crippen LogP contribution is 2.14. The van der Waals surface area contributed by atoms with E-state index in [1.807, 2.05) is 66.7 Å². The molecule has 0 radical (unpaired) electrons. The first-order valence-corrected chi connectivity index (χ1v) is 13.4. The molecule has 0 N–H and O–H groups in total. The number of nitrogens with zero attached hydrogens (tertiary/aromatic N) is 2. The van der Waals surface area contributed by atoms with Gasteiger partial charge in [0.15, 0.2) is 14.7 Å². The molecule has 3 rings (SSSR count). The van der Waals surface area contributed by atoms with Gasteiger partial charge in [0.05, 0.1) is 25.1 Å². The summed E-state index contributed by atoms with van der Waals surface area (Å²) in [5, 5.41) is 4.94. The van der Waals surface area contributed by atoms with Crippen LogP contribution in [-0.2, 0) is 11.3 Å². The van der Waals surface area contributed by atoms with E-state index >= 15 is 0 Å². The molecule has 158 valence electrons. The number of Topliss-reactive ketones (excluding diaryl/α,β-unsaturated/α-hetero) is 2. The SMILES string of the molecule is C[SiH](C)N(Cc1ccccc1)N=C(CC(=O)CC(=O)c1ccccc1)c1ccccc1. The van der Waals surface area contributed by atoms with E-state index < -0.39 is 8.96 Å². The molecule has 4 nitrogen and oxygen atoms in total.